The van der Waals surface area contributed by atoms with Crippen LogP contribution >= 0.6 is 23.6 Å². The summed E-state index contributed by atoms with van der Waals surface area (Å²) >= 11 is 6.36. The lowest BCUT2D eigenvalue weighted by Gasteiger charge is -1.99. The van der Waals surface area contributed by atoms with Crippen LogP contribution in [0.2, 0.25) is 0 Å². The number of rotatable bonds is 3. The molecule has 1 N–H and O–H groups in total. The number of benzene rings is 1. The molecule has 7 heteroatoms. The van der Waals surface area contributed by atoms with Gasteiger partial charge in [-0.15, -0.1) is 16.4 Å². The molecule has 0 aliphatic carbocycles. The van der Waals surface area contributed by atoms with E-state index in [0.29, 0.717) is 11.6 Å². The van der Waals surface area contributed by atoms with E-state index in [9.17, 15) is 0 Å². The van der Waals surface area contributed by atoms with Crippen molar-refractivity contribution in [3.05, 3.63) is 34.5 Å². The summed E-state index contributed by atoms with van der Waals surface area (Å²) < 4.78 is 10.4. The predicted octanol–water partition coefficient (Wildman–Crippen LogP) is 3.53. The number of ether oxygens (including phenoxy) is 1. The number of nitrogens with one attached hydrogen (secondary N) is 1. The summed E-state index contributed by atoms with van der Waals surface area (Å²) in [5.41, 5.74) is 1.69. The average Bonchev–Trinajstić information content (AvgIpc) is 3.07. The van der Waals surface area contributed by atoms with Crippen molar-refractivity contribution < 1.29 is 9.15 Å². The third kappa shape index (κ3) is 2.42. The summed E-state index contributed by atoms with van der Waals surface area (Å²) in [4.78, 5) is 4.72. The van der Waals surface area contributed by atoms with Gasteiger partial charge in [0.15, 0.2) is 0 Å². The van der Waals surface area contributed by atoms with Gasteiger partial charge >= 0.3 is 0 Å². The van der Waals surface area contributed by atoms with Gasteiger partial charge in [-0.2, -0.15) is 0 Å². The maximum atomic E-state index is 5.23. The molecule has 2 aromatic heterocycles. The van der Waals surface area contributed by atoms with Gasteiger partial charge in [0.1, 0.15) is 16.5 Å². The van der Waals surface area contributed by atoms with Crippen LogP contribution in [-0.2, 0) is 0 Å². The van der Waals surface area contributed by atoms with Crippen LogP contribution in [0.1, 0.15) is 0 Å². The predicted molar refractivity (Wildman–Crippen MR) is 74.8 cm³/mol. The molecule has 0 fully saturated rings. The first-order valence-electron chi connectivity index (χ1n) is 5.42. The molecule has 96 valence electrons. The van der Waals surface area contributed by atoms with E-state index in [1.165, 1.54) is 11.3 Å². The summed E-state index contributed by atoms with van der Waals surface area (Å²) in [6, 6.07) is 7.72. The molecule has 0 spiro atoms. The van der Waals surface area contributed by atoms with Gasteiger partial charge in [0.25, 0.3) is 10.7 Å². The van der Waals surface area contributed by atoms with E-state index in [1.807, 2.05) is 29.6 Å². The van der Waals surface area contributed by atoms with Gasteiger partial charge in [0.2, 0.25) is 0 Å². The van der Waals surface area contributed by atoms with E-state index in [2.05, 4.69) is 15.2 Å². The van der Waals surface area contributed by atoms with Crippen molar-refractivity contribution in [1.29, 1.82) is 0 Å². The van der Waals surface area contributed by atoms with Crippen LogP contribution in [0, 0.1) is 4.84 Å². The Morgan fingerprint density at radius 2 is 2.11 bits per heavy atom. The number of aromatic nitrogens is 3. The molecule has 0 atom stereocenters. The minimum atomic E-state index is 0.244. The molecule has 0 aliphatic rings. The Bertz CT molecular complexity index is 743. The Balaban J connectivity index is 1.94. The zero-order valence-corrected chi connectivity index (χ0v) is 11.5. The maximum absolute atomic E-state index is 5.23. The van der Waals surface area contributed by atoms with Crippen LogP contribution in [0.15, 0.2) is 34.1 Å². The highest BCUT2D eigenvalue weighted by atomic mass is 32.1. The van der Waals surface area contributed by atoms with Gasteiger partial charge < -0.3 is 9.15 Å². The average molecular weight is 291 g/mol. The van der Waals surface area contributed by atoms with Crippen molar-refractivity contribution in [2.75, 3.05) is 7.11 Å². The van der Waals surface area contributed by atoms with E-state index in [4.69, 9.17) is 21.4 Å². The van der Waals surface area contributed by atoms with Gasteiger partial charge in [-0.3, -0.25) is 0 Å². The lowest BCUT2D eigenvalue weighted by Crippen LogP contribution is -1.83. The standard InChI is InChI=1S/C12H9N3O2S2/c1-16-8-4-2-7(3-5-8)11-13-9(6-19-11)10-14-15-12(18)17-10/h2-6H,1H3,(H,15,18). The van der Waals surface area contributed by atoms with Crippen LogP contribution in [0.4, 0.5) is 0 Å². The van der Waals surface area contributed by atoms with Crippen molar-refractivity contribution in [3.63, 3.8) is 0 Å². The van der Waals surface area contributed by atoms with Gasteiger partial charge in [-0.1, -0.05) is 0 Å². The minimum Gasteiger partial charge on any atom is -0.497 e. The molecule has 19 heavy (non-hydrogen) atoms. The highest BCUT2D eigenvalue weighted by Gasteiger charge is 2.10. The molecular weight excluding hydrogens is 282 g/mol. The number of hydrogen-bond acceptors (Lipinski definition) is 6. The lowest BCUT2D eigenvalue weighted by molar-refractivity contribution is 0.415. The van der Waals surface area contributed by atoms with Crippen LogP contribution < -0.4 is 4.74 Å². The molecule has 1 aromatic carbocycles. The molecule has 0 saturated heterocycles. The van der Waals surface area contributed by atoms with E-state index < -0.39 is 0 Å². The van der Waals surface area contributed by atoms with E-state index in [1.54, 1.807) is 7.11 Å². The zero-order chi connectivity index (χ0) is 13.2. The van der Waals surface area contributed by atoms with Crippen molar-refractivity contribution in [1.82, 2.24) is 15.2 Å². The first-order chi connectivity index (χ1) is 9.26. The summed E-state index contributed by atoms with van der Waals surface area (Å²) in [7, 11) is 1.64. The molecule has 3 aromatic rings. The van der Waals surface area contributed by atoms with Crippen molar-refractivity contribution in [2.45, 2.75) is 0 Å². The zero-order valence-electron chi connectivity index (χ0n) is 9.91. The molecule has 0 radical (unpaired) electrons. The Morgan fingerprint density at radius 3 is 2.74 bits per heavy atom. The molecular formula is C12H9N3O2S2. The van der Waals surface area contributed by atoms with Gasteiger partial charge in [0, 0.05) is 10.9 Å². The third-order valence-electron chi connectivity index (χ3n) is 2.50. The number of H-pyrrole nitrogens is 1. The molecule has 5 nitrogen and oxygen atoms in total. The summed E-state index contributed by atoms with van der Waals surface area (Å²) in [5.74, 6) is 1.22. The Morgan fingerprint density at radius 1 is 1.32 bits per heavy atom. The first kappa shape index (κ1) is 12.1. The molecule has 0 amide bonds. The molecule has 3 rings (SSSR count). The lowest BCUT2D eigenvalue weighted by atomic mass is 10.2. The van der Waals surface area contributed by atoms with Crippen LogP contribution in [0.25, 0.3) is 22.2 Å². The minimum absolute atomic E-state index is 0.244. The quantitative estimate of drug-likeness (QED) is 0.748. The normalized spacial score (nSPS) is 10.6. The summed E-state index contributed by atoms with van der Waals surface area (Å²) in [5, 5.41) is 9.30. The molecule has 0 saturated carbocycles. The largest absolute Gasteiger partial charge is 0.497 e. The van der Waals surface area contributed by atoms with E-state index >= 15 is 0 Å². The monoisotopic (exact) mass is 291 g/mol. The van der Waals surface area contributed by atoms with Crippen LogP contribution in [0.3, 0.4) is 0 Å². The fourth-order valence-electron chi connectivity index (χ4n) is 1.58. The Hall–Kier alpha value is -1.99. The summed E-state index contributed by atoms with van der Waals surface area (Å²) in [6.45, 7) is 0. The second-order valence-electron chi connectivity index (χ2n) is 3.68. The molecule has 0 unspecified atom stereocenters. The second-order valence-corrected chi connectivity index (χ2v) is 4.91. The molecule has 0 aliphatic heterocycles. The van der Waals surface area contributed by atoms with Crippen molar-refractivity contribution in [2.24, 2.45) is 0 Å². The third-order valence-corrected chi connectivity index (χ3v) is 3.56. The van der Waals surface area contributed by atoms with Crippen molar-refractivity contribution >= 4 is 23.6 Å². The summed E-state index contributed by atoms with van der Waals surface area (Å²) in [6.07, 6.45) is 0. The highest BCUT2D eigenvalue weighted by Crippen LogP contribution is 2.29. The van der Waals surface area contributed by atoms with Crippen LogP contribution in [0.5, 0.6) is 5.75 Å². The highest BCUT2D eigenvalue weighted by molar-refractivity contribution is 7.71. The van der Waals surface area contributed by atoms with Gasteiger partial charge in [0.05, 0.1) is 7.11 Å². The fraction of sp³-hybridized carbons (Fsp3) is 0.0833. The smallest absolute Gasteiger partial charge is 0.284 e. The molecule has 0 bridgehead atoms. The SMILES string of the molecule is COc1ccc(-c2nc(-c3n[nH]c(=S)o3)cs2)cc1. The van der Waals surface area contributed by atoms with Gasteiger partial charge in [-0.05, 0) is 36.5 Å². The maximum Gasteiger partial charge on any atom is 0.284 e. The first-order valence-corrected chi connectivity index (χ1v) is 6.71. The number of aromatic amines is 1. The van der Waals surface area contributed by atoms with Crippen LogP contribution in [-0.4, -0.2) is 22.3 Å². The Kier molecular flexibility index (Phi) is 3.14. The number of nitrogens with zero attached hydrogens (tertiary/aromatic N) is 2. The number of hydrogen-bond donors (Lipinski definition) is 1. The van der Waals surface area contributed by atoms with Gasteiger partial charge in [-0.25, -0.2) is 10.1 Å². The number of methoxy groups -OCH3 is 1. The second kappa shape index (κ2) is 4.94. The van der Waals surface area contributed by atoms with E-state index in [0.717, 1.165) is 16.3 Å². The van der Waals surface area contributed by atoms with Crippen molar-refractivity contribution in [3.8, 4) is 27.9 Å². The fourth-order valence-corrected chi connectivity index (χ4v) is 2.50. The Labute approximate surface area is 117 Å². The molecule has 2 heterocycles. The number of thiazole rings is 1. The van der Waals surface area contributed by atoms with E-state index in [-0.39, 0.29) is 4.84 Å². The topological polar surface area (TPSA) is 63.9 Å².